The molecule has 1 rings (SSSR count). The van der Waals surface area contributed by atoms with Crippen molar-refractivity contribution in [1.29, 1.82) is 0 Å². The summed E-state index contributed by atoms with van der Waals surface area (Å²) in [6, 6.07) is 0.879. The number of carbonyl (C=O) groups is 1. The van der Waals surface area contributed by atoms with Gasteiger partial charge in [-0.1, -0.05) is 11.6 Å². The first kappa shape index (κ1) is 11.1. The molecule has 1 aromatic heterocycles. The number of nitrogens with two attached hydrogens (primary N) is 1. The average Bonchev–Trinajstić information content (AvgIpc) is 2.07. The Bertz CT molecular complexity index is 384. The van der Waals surface area contributed by atoms with Gasteiger partial charge < -0.3 is 5.73 Å². The van der Waals surface area contributed by atoms with Gasteiger partial charge in [0.05, 0.1) is 10.6 Å². The Labute approximate surface area is 87.8 Å². The predicted octanol–water partition coefficient (Wildman–Crippen LogP) is 2.63. The van der Waals surface area contributed by atoms with Gasteiger partial charge in [0.25, 0.3) is 11.7 Å². The van der Waals surface area contributed by atoms with Crippen LogP contribution >= 0.6 is 23.2 Å². The minimum atomic E-state index is -2.79. The number of nitrogens with zero attached hydrogens (tertiary/aromatic N) is 1. The van der Waals surface area contributed by atoms with Crippen LogP contribution < -0.4 is 5.73 Å². The molecule has 2 N–H and O–H groups in total. The third kappa shape index (κ3) is 2.10. The number of nitrogen functional groups attached to an aromatic ring is 1. The number of halogens is 4. The zero-order valence-electron chi connectivity index (χ0n) is 6.60. The maximum Gasteiger partial charge on any atom is 0.272 e. The standard InChI is InChI=1S/C7H4Cl2F2N2O/c8-3-1-2(6(10)11)7(12)13-4(3)5(9)14/h1,6H,(H2,12,13). The van der Waals surface area contributed by atoms with Gasteiger partial charge in [-0.3, -0.25) is 4.79 Å². The Morgan fingerprint density at radius 2 is 2.14 bits per heavy atom. The smallest absolute Gasteiger partial charge is 0.272 e. The van der Waals surface area contributed by atoms with Crippen LogP contribution in [-0.4, -0.2) is 10.2 Å². The van der Waals surface area contributed by atoms with E-state index in [1.807, 2.05) is 0 Å². The first-order chi connectivity index (χ1) is 6.43. The summed E-state index contributed by atoms with van der Waals surface area (Å²) >= 11 is 10.6. The molecule has 0 radical (unpaired) electrons. The van der Waals surface area contributed by atoms with Crippen LogP contribution in [0.5, 0.6) is 0 Å². The molecular weight excluding hydrogens is 237 g/mol. The van der Waals surface area contributed by atoms with Gasteiger partial charge in [0, 0.05) is 0 Å². The monoisotopic (exact) mass is 240 g/mol. The van der Waals surface area contributed by atoms with Crippen LogP contribution in [-0.2, 0) is 0 Å². The summed E-state index contributed by atoms with van der Waals surface area (Å²) in [5, 5.41) is -1.18. The molecule has 0 aliphatic heterocycles. The fraction of sp³-hybridized carbons (Fsp3) is 0.143. The highest BCUT2D eigenvalue weighted by Gasteiger charge is 2.18. The van der Waals surface area contributed by atoms with E-state index in [1.165, 1.54) is 0 Å². The fourth-order valence-corrected chi connectivity index (χ4v) is 1.27. The molecule has 14 heavy (non-hydrogen) atoms. The van der Waals surface area contributed by atoms with Gasteiger partial charge in [-0.15, -0.1) is 0 Å². The van der Waals surface area contributed by atoms with Crippen LogP contribution in [0.4, 0.5) is 14.6 Å². The van der Waals surface area contributed by atoms with Crippen molar-refractivity contribution >= 4 is 34.3 Å². The lowest BCUT2D eigenvalue weighted by molar-refractivity contribution is 0.107. The summed E-state index contributed by atoms with van der Waals surface area (Å²) in [6.45, 7) is 0. The molecule has 0 aromatic carbocycles. The van der Waals surface area contributed by atoms with Gasteiger partial charge >= 0.3 is 0 Å². The molecule has 0 bridgehead atoms. The van der Waals surface area contributed by atoms with E-state index >= 15 is 0 Å². The molecule has 3 nitrogen and oxygen atoms in total. The van der Waals surface area contributed by atoms with Crippen LogP contribution in [0.2, 0.25) is 5.02 Å². The van der Waals surface area contributed by atoms with E-state index in [-0.39, 0.29) is 10.7 Å². The molecule has 0 saturated heterocycles. The van der Waals surface area contributed by atoms with Crippen molar-refractivity contribution in [2.45, 2.75) is 6.43 Å². The number of carbonyl (C=O) groups excluding carboxylic acids is 1. The summed E-state index contributed by atoms with van der Waals surface area (Å²) < 4.78 is 24.5. The highest BCUT2D eigenvalue weighted by atomic mass is 35.5. The Kier molecular flexibility index (Phi) is 3.23. The lowest BCUT2D eigenvalue weighted by Crippen LogP contribution is -2.04. The van der Waals surface area contributed by atoms with Gasteiger partial charge in [0.1, 0.15) is 11.5 Å². The second kappa shape index (κ2) is 4.06. The van der Waals surface area contributed by atoms with E-state index in [0.29, 0.717) is 0 Å². The SMILES string of the molecule is Nc1nc(C(=O)Cl)c(Cl)cc1C(F)F. The number of pyridine rings is 1. The van der Waals surface area contributed by atoms with Gasteiger partial charge in [-0.2, -0.15) is 0 Å². The summed E-state index contributed by atoms with van der Waals surface area (Å²) in [5.41, 5.74) is 4.33. The van der Waals surface area contributed by atoms with Crippen molar-refractivity contribution in [2.24, 2.45) is 0 Å². The molecule has 1 heterocycles. The van der Waals surface area contributed by atoms with Crippen molar-refractivity contribution < 1.29 is 13.6 Å². The zero-order valence-corrected chi connectivity index (χ0v) is 8.11. The van der Waals surface area contributed by atoms with Gasteiger partial charge in [0.2, 0.25) is 0 Å². The Morgan fingerprint density at radius 3 is 2.57 bits per heavy atom. The van der Waals surface area contributed by atoms with Gasteiger partial charge in [0.15, 0.2) is 0 Å². The van der Waals surface area contributed by atoms with E-state index in [9.17, 15) is 13.6 Å². The highest BCUT2D eigenvalue weighted by molar-refractivity contribution is 6.68. The normalized spacial score (nSPS) is 10.6. The van der Waals surface area contributed by atoms with E-state index < -0.39 is 23.0 Å². The lowest BCUT2D eigenvalue weighted by Gasteiger charge is -2.05. The number of hydrogen-bond donors (Lipinski definition) is 1. The molecular formula is C7H4Cl2F2N2O. The lowest BCUT2D eigenvalue weighted by atomic mass is 10.2. The zero-order chi connectivity index (χ0) is 10.9. The molecule has 0 spiro atoms. The molecule has 0 unspecified atom stereocenters. The van der Waals surface area contributed by atoms with Gasteiger partial charge in [-0.05, 0) is 17.7 Å². The number of hydrogen-bond acceptors (Lipinski definition) is 3. The predicted molar refractivity (Wildman–Crippen MR) is 48.8 cm³/mol. The van der Waals surface area contributed by atoms with Crippen molar-refractivity contribution in [2.75, 3.05) is 5.73 Å². The van der Waals surface area contributed by atoms with Gasteiger partial charge in [-0.25, -0.2) is 13.8 Å². The Hall–Kier alpha value is -0.940. The molecule has 0 aliphatic carbocycles. The minimum absolute atomic E-state index is 0.241. The molecule has 7 heteroatoms. The Balaban J connectivity index is 3.31. The topological polar surface area (TPSA) is 56.0 Å². The number of alkyl halides is 2. The summed E-state index contributed by atoms with van der Waals surface area (Å²) in [4.78, 5) is 14.1. The van der Waals surface area contributed by atoms with Crippen molar-refractivity contribution in [3.8, 4) is 0 Å². The molecule has 0 fully saturated rings. The molecule has 1 aromatic rings. The summed E-state index contributed by atoms with van der Waals surface area (Å²) in [6.07, 6.45) is -2.79. The molecule has 0 atom stereocenters. The molecule has 0 aliphatic rings. The summed E-state index contributed by atoms with van der Waals surface area (Å²) in [5.74, 6) is -0.451. The van der Waals surface area contributed by atoms with Crippen LogP contribution in [0.15, 0.2) is 6.07 Å². The van der Waals surface area contributed by atoms with E-state index in [1.54, 1.807) is 0 Å². The molecule has 0 saturated carbocycles. The number of anilines is 1. The Morgan fingerprint density at radius 1 is 1.57 bits per heavy atom. The van der Waals surface area contributed by atoms with E-state index in [4.69, 9.17) is 28.9 Å². The van der Waals surface area contributed by atoms with Crippen molar-refractivity contribution in [3.63, 3.8) is 0 Å². The van der Waals surface area contributed by atoms with Crippen molar-refractivity contribution in [1.82, 2.24) is 4.98 Å². The minimum Gasteiger partial charge on any atom is -0.383 e. The number of rotatable bonds is 2. The van der Waals surface area contributed by atoms with Crippen molar-refractivity contribution in [3.05, 3.63) is 22.3 Å². The van der Waals surface area contributed by atoms with Crippen LogP contribution in [0, 0.1) is 0 Å². The van der Waals surface area contributed by atoms with E-state index in [2.05, 4.69) is 4.98 Å². The first-order valence-electron chi connectivity index (χ1n) is 3.37. The van der Waals surface area contributed by atoms with Crippen LogP contribution in [0.25, 0.3) is 0 Å². The highest BCUT2D eigenvalue weighted by Crippen LogP contribution is 2.28. The largest absolute Gasteiger partial charge is 0.383 e. The number of aromatic nitrogens is 1. The second-order valence-corrected chi connectivity index (χ2v) is 3.12. The first-order valence-corrected chi connectivity index (χ1v) is 4.13. The maximum absolute atomic E-state index is 12.2. The maximum atomic E-state index is 12.2. The van der Waals surface area contributed by atoms with E-state index in [0.717, 1.165) is 6.07 Å². The second-order valence-electron chi connectivity index (χ2n) is 2.37. The molecule has 76 valence electrons. The van der Waals surface area contributed by atoms with Crippen LogP contribution in [0.3, 0.4) is 0 Å². The average molecular weight is 241 g/mol. The third-order valence-electron chi connectivity index (χ3n) is 1.46. The summed E-state index contributed by atoms with van der Waals surface area (Å²) in [7, 11) is 0. The quantitative estimate of drug-likeness (QED) is 0.809. The fourth-order valence-electron chi connectivity index (χ4n) is 0.830. The van der Waals surface area contributed by atoms with Crippen LogP contribution in [0.1, 0.15) is 22.5 Å². The third-order valence-corrected chi connectivity index (χ3v) is 1.92. The molecule has 0 amide bonds.